The number of piperidine rings is 1. The van der Waals surface area contributed by atoms with Gasteiger partial charge in [-0.25, -0.2) is 9.97 Å². The van der Waals surface area contributed by atoms with Gasteiger partial charge >= 0.3 is 0 Å². The van der Waals surface area contributed by atoms with E-state index in [1.54, 1.807) is 12.4 Å². The van der Waals surface area contributed by atoms with Gasteiger partial charge in [-0.3, -0.25) is 9.59 Å². The molecule has 2 amide bonds. The van der Waals surface area contributed by atoms with Crippen LogP contribution in [0.25, 0.3) is 5.65 Å². The number of anilines is 1. The molecule has 8 heteroatoms. The standard InChI is InChI=1S/C25H30N6O2/c32-24(29-16-14-28(15-17-29)22-7-1-3-11-26-22)10-9-20-6-5-13-31(18-20)25(33)21-19-30-12-4-2-8-23(30)27-21/h1-4,7-8,11-12,19-20H,5-6,9-10,13-18H2/t20-/m1/s1. The summed E-state index contributed by atoms with van der Waals surface area (Å²) >= 11 is 0. The Kier molecular flexibility index (Phi) is 6.24. The van der Waals surface area contributed by atoms with Crippen LogP contribution >= 0.6 is 0 Å². The first kappa shape index (κ1) is 21.4. The molecule has 8 nitrogen and oxygen atoms in total. The summed E-state index contributed by atoms with van der Waals surface area (Å²) in [6, 6.07) is 11.7. The van der Waals surface area contributed by atoms with Gasteiger partial charge in [0, 0.05) is 64.3 Å². The van der Waals surface area contributed by atoms with E-state index in [0.717, 1.165) is 63.5 Å². The second-order valence-corrected chi connectivity index (χ2v) is 8.95. The van der Waals surface area contributed by atoms with Crippen LogP contribution in [0.5, 0.6) is 0 Å². The fourth-order valence-corrected chi connectivity index (χ4v) is 4.90. The van der Waals surface area contributed by atoms with Gasteiger partial charge in [0.25, 0.3) is 5.91 Å². The zero-order chi connectivity index (χ0) is 22.6. The number of carbonyl (C=O) groups excluding carboxylic acids is 2. The largest absolute Gasteiger partial charge is 0.353 e. The van der Waals surface area contributed by atoms with Crippen molar-refractivity contribution in [2.75, 3.05) is 44.2 Å². The fourth-order valence-electron chi connectivity index (χ4n) is 4.90. The highest BCUT2D eigenvalue weighted by atomic mass is 16.2. The van der Waals surface area contributed by atoms with Gasteiger partial charge in [-0.05, 0) is 49.4 Å². The number of pyridine rings is 2. The Labute approximate surface area is 193 Å². The van der Waals surface area contributed by atoms with Crippen LogP contribution in [-0.4, -0.2) is 75.3 Å². The molecule has 0 radical (unpaired) electrons. The lowest BCUT2D eigenvalue weighted by molar-refractivity contribution is -0.131. The Bertz CT molecular complexity index is 1070. The number of nitrogens with zero attached hydrogens (tertiary/aromatic N) is 6. The van der Waals surface area contributed by atoms with E-state index in [-0.39, 0.29) is 11.8 Å². The second kappa shape index (κ2) is 9.60. The normalized spacial score (nSPS) is 19.2. The van der Waals surface area contributed by atoms with Crippen LogP contribution in [0, 0.1) is 5.92 Å². The predicted octanol–water partition coefficient (Wildman–Crippen LogP) is 2.71. The highest BCUT2D eigenvalue weighted by Gasteiger charge is 2.27. The summed E-state index contributed by atoms with van der Waals surface area (Å²) in [4.78, 5) is 40.8. The number of piperazine rings is 1. The Morgan fingerprint density at radius 3 is 2.61 bits per heavy atom. The molecule has 0 aromatic carbocycles. The molecule has 0 saturated carbocycles. The highest BCUT2D eigenvalue weighted by Crippen LogP contribution is 2.23. The van der Waals surface area contributed by atoms with E-state index in [2.05, 4.69) is 14.9 Å². The van der Waals surface area contributed by atoms with Crippen molar-refractivity contribution in [2.24, 2.45) is 5.92 Å². The first-order valence-corrected chi connectivity index (χ1v) is 11.8. The maximum absolute atomic E-state index is 13.0. The first-order valence-electron chi connectivity index (χ1n) is 11.8. The van der Waals surface area contributed by atoms with Crippen molar-refractivity contribution in [3.05, 3.63) is 60.7 Å². The molecule has 3 aromatic rings. The number of imidazole rings is 1. The third-order valence-corrected chi connectivity index (χ3v) is 6.76. The van der Waals surface area contributed by atoms with Crippen LogP contribution in [-0.2, 0) is 4.79 Å². The molecule has 2 aliphatic rings. The number of hydrogen-bond donors (Lipinski definition) is 0. The lowest BCUT2D eigenvalue weighted by Crippen LogP contribution is -2.49. The zero-order valence-corrected chi connectivity index (χ0v) is 18.8. The second-order valence-electron chi connectivity index (χ2n) is 8.95. The molecular weight excluding hydrogens is 416 g/mol. The smallest absolute Gasteiger partial charge is 0.274 e. The van der Waals surface area contributed by atoms with Gasteiger partial charge in [-0.15, -0.1) is 0 Å². The molecule has 0 N–H and O–H groups in total. The van der Waals surface area contributed by atoms with Crippen molar-refractivity contribution in [3.63, 3.8) is 0 Å². The first-order chi connectivity index (χ1) is 16.2. The molecule has 172 valence electrons. The topological polar surface area (TPSA) is 74.1 Å². The molecule has 2 fully saturated rings. The van der Waals surface area contributed by atoms with E-state index >= 15 is 0 Å². The summed E-state index contributed by atoms with van der Waals surface area (Å²) < 4.78 is 1.88. The van der Waals surface area contributed by atoms with Crippen molar-refractivity contribution < 1.29 is 9.59 Å². The van der Waals surface area contributed by atoms with E-state index in [1.165, 1.54) is 0 Å². The molecule has 0 aliphatic carbocycles. The number of hydrogen-bond acceptors (Lipinski definition) is 5. The Balaban J connectivity index is 1.11. The molecule has 5 rings (SSSR count). The summed E-state index contributed by atoms with van der Waals surface area (Å²) in [5, 5.41) is 0. The molecule has 0 bridgehead atoms. The third-order valence-electron chi connectivity index (χ3n) is 6.76. The number of rotatable bonds is 5. The molecule has 5 heterocycles. The predicted molar refractivity (Wildman–Crippen MR) is 126 cm³/mol. The number of likely N-dealkylation sites (tertiary alicyclic amines) is 1. The molecule has 3 aromatic heterocycles. The van der Waals surface area contributed by atoms with E-state index in [1.807, 2.05) is 56.8 Å². The lowest BCUT2D eigenvalue weighted by atomic mass is 9.93. The minimum absolute atomic E-state index is 0.0135. The summed E-state index contributed by atoms with van der Waals surface area (Å²) in [7, 11) is 0. The van der Waals surface area contributed by atoms with E-state index < -0.39 is 0 Å². The van der Waals surface area contributed by atoms with Crippen LogP contribution < -0.4 is 4.90 Å². The van der Waals surface area contributed by atoms with Gasteiger partial charge in [0.2, 0.25) is 5.91 Å². The lowest BCUT2D eigenvalue weighted by Gasteiger charge is -2.36. The summed E-state index contributed by atoms with van der Waals surface area (Å²) in [5.74, 6) is 1.54. The van der Waals surface area contributed by atoms with Gasteiger partial charge < -0.3 is 19.1 Å². The highest BCUT2D eigenvalue weighted by molar-refractivity contribution is 5.93. The summed E-state index contributed by atoms with van der Waals surface area (Å²) in [6.45, 7) is 4.55. The van der Waals surface area contributed by atoms with Gasteiger partial charge in [-0.2, -0.15) is 0 Å². The van der Waals surface area contributed by atoms with E-state index in [4.69, 9.17) is 0 Å². The molecule has 0 spiro atoms. The van der Waals surface area contributed by atoms with E-state index in [0.29, 0.717) is 24.6 Å². The Morgan fingerprint density at radius 2 is 1.82 bits per heavy atom. The zero-order valence-electron chi connectivity index (χ0n) is 18.8. The molecule has 2 aliphatic heterocycles. The minimum Gasteiger partial charge on any atom is -0.353 e. The molecule has 2 saturated heterocycles. The van der Waals surface area contributed by atoms with Gasteiger partial charge in [-0.1, -0.05) is 12.1 Å². The quantitative estimate of drug-likeness (QED) is 0.603. The van der Waals surface area contributed by atoms with Gasteiger partial charge in [0.15, 0.2) is 0 Å². The number of aromatic nitrogens is 3. The number of amides is 2. The number of fused-ring (bicyclic) bond motifs is 1. The Morgan fingerprint density at radius 1 is 0.970 bits per heavy atom. The molecule has 33 heavy (non-hydrogen) atoms. The third kappa shape index (κ3) is 4.84. The fraction of sp³-hybridized carbons (Fsp3) is 0.440. The summed E-state index contributed by atoms with van der Waals surface area (Å²) in [6.07, 6.45) is 8.92. The van der Waals surface area contributed by atoms with Crippen LogP contribution in [0.3, 0.4) is 0 Å². The van der Waals surface area contributed by atoms with Crippen LogP contribution in [0.2, 0.25) is 0 Å². The molecule has 1 atom stereocenters. The minimum atomic E-state index is -0.0135. The van der Waals surface area contributed by atoms with Gasteiger partial charge in [0.05, 0.1) is 0 Å². The van der Waals surface area contributed by atoms with Gasteiger partial charge in [0.1, 0.15) is 17.2 Å². The van der Waals surface area contributed by atoms with Crippen molar-refractivity contribution in [1.29, 1.82) is 0 Å². The van der Waals surface area contributed by atoms with Crippen molar-refractivity contribution >= 4 is 23.3 Å². The number of carbonyl (C=O) groups is 2. The SMILES string of the molecule is O=C(CC[C@H]1CCCN(C(=O)c2cn3ccccc3n2)C1)N1CCN(c2ccccn2)CC1. The average molecular weight is 447 g/mol. The Hall–Kier alpha value is -3.42. The average Bonchev–Trinajstić information content (AvgIpc) is 3.32. The molecular formula is C25H30N6O2. The van der Waals surface area contributed by atoms with Crippen molar-refractivity contribution in [2.45, 2.75) is 25.7 Å². The van der Waals surface area contributed by atoms with Crippen LogP contribution in [0.15, 0.2) is 55.0 Å². The molecule has 0 unspecified atom stereocenters. The van der Waals surface area contributed by atoms with Crippen LogP contribution in [0.4, 0.5) is 5.82 Å². The van der Waals surface area contributed by atoms with Crippen molar-refractivity contribution in [1.82, 2.24) is 24.2 Å². The van der Waals surface area contributed by atoms with Crippen LogP contribution in [0.1, 0.15) is 36.2 Å². The summed E-state index contributed by atoms with van der Waals surface area (Å²) in [5.41, 5.74) is 1.27. The maximum Gasteiger partial charge on any atom is 0.274 e. The van der Waals surface area contributed by atoms with Crippen molar-refractivity contribution in [3.8, 4) is 0 Å². The maximum atomic E-state index is 13.0. The monoisotopic (exact) mass is 446 g/mol. The van der Waals surface area contributed by atoms with E-state index in [9.17, 15) is 9.59 Å².